The van der Waals surface area contributed by atoms with E-state index in [-0.39, 0.29) is 21.7 Å². The van der Waals surface area contributed by atoms with Crippen molar-refractivity contribution in [3.8, 4) is 0 Å². The number of hydrogen-bond donors (Lipinski definition) is 4. The third-order valence-electron chi connectivity index (χ3n) is 9.95. The normalized spacial score (nSPS) is 55.3. The fourth-order valence-electron chi connectivity index (χ4n) is 10.0. The maximum absolute atomic E-state index is 9.56. The molecule has 8 aliphatic carbocycles. The van der Waals surface area contributed by atoms with Crippen LogP contribution < -0.4 is 0 Å². The van der Waals surface area contributed by atoms with Crippen molar-refractivity contribution in [3.63, 3.8) is 0 Å². The van der Waals surface area contributed by atoms with Gasteiger partial charge in [0.1, 0.15) is 0 Å². The Bertz CT molecular complexity index is 477. The smallest absolute Gasteiger partial charge is 0.0487 e. The van der Waals surface area contributed by atoms with Crippen molar-refractivity contribution in [2.24, 2.45) is 45.3 Å². The molecule has 0 aliphatic heterocycles. The lowest BCUT2D eigenvalue weighted by Crippen LogP contribution is -2.54. The van der Waals surface area contributed by atoms with Crippen molar-refractivity contribution >= 4 is 0 Å². The van der Waals surface area contributed by atoms with Crippen LogP contribution in [-0.2, 0) is 0 Å². The summed E-state index contributed by atoms with van der Waals surface area (Å²) in [5.74, 6) is 3.21. The van der Waals surface area contributed by atoms with E-state index in [1.807, 2.05) is 0 Å². The number of rotatable bonds is 4. The number of aliphatic hydroxyl groups is 4. The molecule has 0 spiro atoms. The van der Waals surface area contributed by atoms with Crippen LogP contribution in [0.15, 0.2) is 0 Å². The lowest BCUT2D eigenvalue weighted by Gasteiger charge is -2.61. The Labute approximate surface area is 169 Å². The molecule has 0 heterocycles. The third kappa shape index (κ3) is 3.09. The van der Waals surface area contributed by atoms with Gasteiger partial charge in [0.05, 0.1) is 0 Å². The van der Waals surface area contributed by atoms with E-state index in [0.717, 1.165) is 36.5 Å². The molecule has 0 saturated heterocycles. The van der Waals surface area contributed by atoms with E-state index in [1.54, 1.807) is 0 Å². The van der Waals surface area contributed by atoms with Crippen LogP contribution in [0.2, 0.25) is 0 Å². The van der Waals surface area contributed by atoms with Crippen LogP contribution in [0.4, 0.5) is 0 Å². The first-order valence-electron chi connectivity index (χ1n) is 11.8. The van der Waals surface area contributed by atoms with Crippen molar-refractivity contribution in [3.05, 3.63) is 0 Å². The highest BCUT2D eigenvalue weighted by molar-refractivity contribution is 5.08. The second kappa shape index (κ2) is 6.67. The molecular formula is C24H40O4. The lowest BCUT2D eigenvalue weighted by molar-refractivity contribution is -0.144. The van der Waals surface area contributed by atoms with E-state index < -0.39 is 0 Å². The van der Waals surface area contributed by atoms with Crippen molar-refractivity contribution in [2.45, 2.75) is 77.0 Å². The lowest BCUT2D eigenvalue weighted by atomic mass is 9.44. The van der Waals surface area contributed by atoms with Crippen LogP contribution in [0.1, 0.15) is 77.0 Å². The summed E-state index contributed by atoms with van der Waals surface area (Å²) in [6.07, 6.45) is 14.7. The van der Waals surface area contributed by atoms with E-state index in [4.69, 9.17) is 0 Å². The number of hydrogen-bond acceptors (Lipinski definition) is 4. The minimum Gasteiger partial charge on any atom is -0.396 e. The van der Waals surface area contributed by atoms with Gasteiger partial charge in [0.2, 0.25) is 0 Å². The molecule has 8 aliphatic rings. The Morgan fingerprint density at radius 1 is 0.429 bits per heavy atom. The Balaban J connectivity index is 0.000000122. The standard InChI is InChI=1S/2C12H20O2/c2*13-7-11-2-9-1-10(4-11)5-12(3-9,6-11)8-14/h2*9-10,13-14H,1-8H2. The Hall–Kier alpha value is -0.160. The van der Waals surface area contributed by atoms with Gasteiger partial charge < -0.3 is 20.4 Å². The molecule has 160 valence electrons. The first-order chi connectivity index (χ1) is 13.4. The number of aliphatic hydroxyl groups excluding tert-OH is 4. The fraction of sp³-hybridized carbons (Fsp3) is 1.00. The molecule has 0 amide bonds. The molecule has 4 N–H and O–H groups in total. The van der Waals surface area contributed by atoms with Gasteiger partial charge in [-0.15, -0.1) is 0 Å². The van der Waals surface area contributed by atoms with Crippen LogP contribution >= 0.6 is 0 Å². The fourth-order valence-corrected chi connectivity index (χ4v) is 10.0. The molecule has 8 bridgehead atoms. The molecule has 0 unspecified atom stereocenters. The largest absolute Gasteiger partial charge is 0.396 e. The minimum atomic E-state index is 0.201. The molecule has 4 nitrogen and oxygen atoms in total. The monoisotopic (exact) mass is 392 g/mol. The van der Waals surface area contributed by atoms with Gasteiger partial charge >= 0.3 is 0 Å². The summed E-state index contributed by atoms with van der Waals surface area (Å²) in [7, 11) is 0. The summed E-state index contributed by atoms with van der Waals surface area (Å²) in [5.41, 5.74) is 0.805. The van der Waals surface area contributed by atoms with Gasteiger partial charge in [-0.1, -0.05) is 0 Å². The average molecular weight is 393 g/mol. The van der Waals surface area contributed by atoms with Crippen molar-refractivity contribution in [1.82, 2.24) is 0 Å². The summed E-state index contributed by atoms with van der Waals surface area (Å²) in [6.45, 7) is 1.40. The Morgan fingerprint density at radius 3 is 0.821 bits per heavy atom. The van der Waals surface area contributed by atoms with Gasteiger partial charge in [-0.2, -0.15) is 0 Å². The molecular weight excluding hydrogens is 352 g/mol. The average Bonchev–Trinajstić information content (AvgIpc) is 2.67. The molecule has 8 fully saturated rings. The van der Waals surface area contributed by atoms with Crippen LogP contribution in [0.5, 0.6) is 0 Å². The van der Waals surface area contributed by atoms with Crippen LogP contribution in [0, 0.1) is 45.3 Å². The van der Waals surface area contributed by atoms with Crippen molar-refractivity contribution in [2.75, 3.05) is 26.4 Å². The van der Waals surface area contributed by atoms with Crippen LogP contribution in [-0.4, -0.2) is 46.9 Å². The highest BCUT2D eigenvalue weighted by Gasteiger charge is 2.58. The second-order valence-corrected chi connectivity index (χ2v) is 12.6. The Kier molecular flexibility index (Phi) is 4.71. The SMILES string of the molecule is OCC12CC3CC(C1)CC(CO)(C3)C2.OCC12CC3CC(C1)CC(CO)(C3)C2. The van der Waals surface area contributed by atoms with Gasteiger partial charge in [0.25, 0.3) is 0 Å². The quantitative estimate of drug-likeness (QED) is 0.593. The van der Waals surface area contributed by atoms with E-state index in [9.17, 15) is 20.4 Å². The van der Waals surface area contributed by atoms with Crippen molar-refractivity contribution < 1.29 is 20.4 Å². The molecule has 0 radical (unpaired) electrons. The van der Waals surface area contributed by atoms with Crippen LogP contribution in [0.3, 0.4) is 0 Å². The van der Waals surface area contributed by atoms with E-state index in [2.05, 4.69) is 0 Å². The zero-order valence-electron chi connectivity index (χ0n) is 17.4. The van der Waals surface area contributed by atoms with Gasteiger partial charge in [-0.3, -0.25) is 0 Å². The van der Waals surface area contributed by atoms with Gasteiger partial charge in [-0.25, -0.2) is 0 Å². The summed E-state index contributed by atoms with van der Waals surface area (Å²) in [4.78, 5) is 0. The van der Waals surface area contributed by atoms with Gasteiger partial charge in [0, 0.05) is 26.4 Å². The summed E-state index contributed by atoms with van der Waals surface area (Å²) in [6, 6.07) is 0. The summed E-state index contributed by atoms with van der Waals surface area (Å²) in [5, 5.41) is 38.2. The highest BCUT2D eigenvalue weighted by atomic mass is 16.3. The van der Waals surface area contributed by atoms with E-state index in [1.165, 1.54) is 64.2 Å². The second-order valence-electron chi connectivity index (χ2n) is 12.6. The molecule has 0 aromatic heterocycles. The molecule has 8 saturated carbocycles. The summed E-state index contributed by atoms with van der Waals surface area (Å²) >= 11 is 0. The molecule has 0 aromatic rings. The minimum absolute atomic E-state index is 0.201. The molecule has 4 heteroatoms. The third-order valence-corrected chi connectivity index (χ3v) is 9.95. The van der Waals surface area contributed by atoms with E-state index >= 15 is 0 Å². The first-order valence-corrected chi connectivity index (χ1v) is 11.8. The van der Waals surface area contributed by atoms with Crippen LogP contribution in [0.25, 0.3) is 0 Å². The van der Waals surface area contributed by atoms with Gasteiger partial charge in [0.15, 0.2) is 0 Å². The molecule has 0 atom stereocenters. The Morgan fingerprint density at radius 2 is 0.643 bits per heavy atom. The predicted molar refractivity (Wildman–Crippen MR) is 107 cm³/mol. The maximum atomic E-state index is 9.56. The molecule has 8 rings (SSSR count). The molecule has 0 aromatic carbocycles. The zero-order chi connectivity index (χ0) is 19.6. The van der Waals surface area contributed by atoms with Crippen molar-refractivity contribution in [1.29, 1.82) is 0 Å². The zero-order valence-corrected chi connectivity index (χ0v) is 17.4. The highest BCUT2D eigenvalue weighted by Crippen LogP contribution is 2.65. The maximum Gasteiger partial charge on any atom is 0.0487 e. The predicted octanol–water partition coefficient (Wildman–Crippen LogP) is 3.12. The van der Waals surface area contributed by atoms with Gasteiger partial charge in [-0.05, 0) is 122 Å². The topological polar surface area (TPSA) is 80.9 Å². The first kappa shape index (κ1) is 19.8. The summed E-state index contributed by atoms with van der Waals surface area (Å²) < 4.78 is 0. The van der Waals surface area contributed by atoms with E-state index in [0.29, 0.717) is 26.4 Å². The molecule has 28 heavy (non-hydrogen) atoms.